The van der Waals surface area contributed by atoms with E-state index in [4.69, 9.17) is 15.0 Å². The van der Waals surface area contributed by atoms with Crippen LogP contribution in [0.2, 0.25) is 0 Å². The van der Waals surface area contributed by atoms with E-state index >= 15 is 0 Å². The zero-order valence-electron chi connectivity index (χ0n) is 38.0. The highest BCUT2D eigenvalue weighted by atomic mass is 32.2. The average Bonchev–Trinajstić information content (AvgIpc) is 4.15. The molecule has 0 N–H and O–H groups in total. The van der Waals surface area contributed by atoms with Crippen molar-refractivity contribution < 1.29 is 0 Å². The monoisotopic (exact) mass is 922 g/mol. The standard InChI is InChI=1S/C64H38N6S/c1-6-20-52-42(13-1)43-14-2-7-21-53(43)68(52)41-27-30-61-51(37-41)64(48-18-11-32-66-62(48)63-49(64)19-12-33-67-63)50-36-40(26-29-60(50)71-61)39-25-28-57-47(35-39)46-17-5-10-24-56(46)69(57)58-31-34-65-38-59(58)70-54-22-8-3-15-44(54)45-16-4-9-23-55(45)70/h1-38H. The van der Waals surface area contributed by atoms with Crippen LogP contribution in [-0.4, -0.2) is 28.7 Å². The maximum atomic E-state index is 5.09. The van der Waals surface area contributed by atoms with Crippen LogP contribution in [0.4, 0.5) is 0 Å². The summed E-state index contributed by atoms with van der Waals surface area (Å²) in [5, 5.41) is 7.32. The first-order valence-electron chi connectivity index (χ1n) is 24.1. The number of hydrogen-bond acceptors (Lipinski definition) is 4. The number of nitrogens with zero attached hydrogens (tertiary/aromatic N) is 6. The van der Waals surface area contributed by atoms with E-state index in [9.17, 15) is 0 Å². The van der Waals surface area contributed by atoms with Crippen molar-refractivity contribution in [3.63, 3.8) is 0 Å². The van der Waals surface area contributed by atoms with Gasteiger partial charge in [0.2, 0.25) is 0 Å². The van der Waals surface area contributed by atoms with E-state index < -0.39 is 5.41 Å². The number of hydrogen-bond donors (Lipinski definition) is 0. The number of aromatic nitrogens is 6. The van der Waals surface area contributed by atoms with Gasteiger partial charge in [0.15, 0.2) is 0 Å². The summed E-state index contributed by atoms with van der Waals surface area (Å²) in [5.41, 5.74) is 18.5. The summed E-state index contributed by atoms with van der Waals surface area (Å²) in [7, 11) is 0. The smallest absolute Gasteiger partial charge is 0.0937 e. The van der Waals surface area contributed by atoms with E-state index in [1.165, 1.54) is 64.3 Å². The maximum Gasteiger partial charge on any atom is 0.0937 e. The lowest BCUT2D eigenvalue weighted by atomic mass is 9.67. The van der Waals surface area contributed by atoms with Gasteiger partial charge in [-0.2, -0.15) is 0 Å². The molecule has 330 valence electrons. The molecular formula is C64H38N6S. The molecule has 1 spiro atoms. The lowest BCUT2D eigenvalue weighted by Crippen LogP contribution is -2.32. The summed E-state index contributed by atoms with van der Waals surface area (Å²) in [6.45, 7) is 0. The molecule has 14 aromatic rings. The summed E-state index contributed by atoms with van der Waals surface area (Å²) >= 11 is 1.86. The highest BCUT2D eigenvalue weighted by molar-refractivity contribution is 7.99. The van der Waals surface area contributed by atoms with Gasteiger partial charge in [-0.25, -0.2) is 0 Å². The van der Waals surface area contributed by atoms with Gasteiger partial charge in [-0.15, -0.1) is 0 Å². The lowest BCUT2D eigenvalue weighted by molar-refractivity contribution is 0.718. The van der Waals surface area contributed by atoms with Gasteiger partial charge in [0.05, 0.1) is 67.5 Å². The van der Waals surface area contributed by atoms with E-state index in [1.54, 1.807) is 0 Å². The Hall–Kier alpha value is -9.04. The van der Waals surface area contributed by atoms with Gasteiger partial charge in [0.1, 0.15) is 0 Å². The summed E-state index contributed by atoms with van der Waals surface area (Å²) in [6, 6.07) is 75.8. The topological polar surface area (TPSA) is 53.5 Å². The second-order valence-corrected chi connectivity index (χ2v) is 19.8. The van der Waals surface area contributed by atoms with Crippen LogP contribution >= 0.6 is 11.8 Å². The van der Waals surface area contributed by atoms with Crippen LogP contribution < -0.4 is 0 Å². The summed E-state index contributed by atoms with van der Waals surface area (Å²) in [5.74, 6) is 0. The van der Waals surface area contributed by atoms with E-state index in [0.717, 1.165) is 72.8 Å². The van der Waals surface area contributed by atoms with Crippen molar-refractivity contribution in [1.82, 2.24) is 28.7 Å². The van der Waals surface area contributed by atoms with Gasteiger partial charge in [0, 0.05) is 66.4 Å². The molecule has 7 heteroatoms. The third-order valence-electron chi connectivity index (χ3n) is 15.3. The summed E-state index contributed by atoms with van der Waals surface area (Å²) < 4.78 is 7.23. The van der Waals surface area contributed by atoms with Crippen molar-refractivity contribution in [1.29, 1.82) is 0 Å². The molecule has 0 unspecified atom stereocenters. The van der Waals surface area contributed by atoms with Gasteiger partial charge in [-0.1, -0.05) is 127 Å². The first-order valence-corrected chi connectivity index (χ1v) is 24.9. The molecule has 0 fully saturated rings. The zero-order valence-corrected chi connectivity index (χ0v) is 38.8. The third kappa shape index (κ3) is 5.20. The van der Waals surface area contributed by atoms with Gasteiger partial charge in [-0.05, 0) is 124 Å². The summed E-state index contributed by atoms with van der Waals surface area (Å²) in [4.78, 5) is 17.4. The van der Waals surface area contributed by atoms with E-state index in [2.05, 4.69) is 220 Å². The predicted molar refractivity (Wildman–Crippen MR) is 290 cm³/mol. The molecule has 0 amide bonds. The van der Waals surface area contributed by atoms with E-state index in [-0.39, 0.29) is 0 Å². The molecule has 1 aliphatic heterocycles. The number of para-hydroxylation sites is 5. The quantitative estimate of drug-likeness (QED) is 0.176. The zero-order chi connectivity index (χ0) is 46.4. The Morgan fingerprint density at radius 3 is 1.39 bits per heavy atom. The predicted octanol–water partition coefficient (Wildman–Crippen LogP) is 15.7. The molecule has 0 saturated carbocycles. The molecule has 6 aromatic heterocycles. The minimum Gasteiger partial charge on any atom is -0.309 e. The normalized spacial score (nSPS) is 13.4. The number of pyridine rings is 3. The molecule has 0 radical (unpaired) electrons. The van der Waals surface area contributed by atoms with Crippen LogP contribution in [-0.2, 0) is 5.41 Å². The van der Waals surface area contributed by atoms with Crippen molar-refractivity contribution in [3.8, 4) is 39.6 Å². The molecule has 6 nitrogen and oxygen atoms in total. The van der Waals surface area contributed by atoms with E-state index in [1.807, 2.05) is 36.5 Å². The highest BCUT2D eigenvalue weighted by Crippen LogP contribution is 2.62. The van der Waals surface area contributed by atoms with Gasteiger partial charge < -0.3 is 13.7 Å². The largest absolute Gasteiger partial charge is 0.309 e. The van der Waals surface area contributed by atoms with Gasteiger partial charge in [0.25, 0.3) is 0 Å². The molecule has 8 aromatic carbocycles. The molecule has 1 aliphatic carbocycles. The van der Waals surface area contributed by atoms with E-state index in [0.29, 0.717) is 0 Å². The van der Waals surface area contributed by atoms with Crippen LogP contribution in [0, 0.1) is 0 Å². The van der Waals surface area contributed by atoms with Crippen molar-refractivity contribution >= 4 is 77.2 Å². The Morgan fingerprint density at radius 1 is 0.338 bits per heavy atom. The average molecular weight is 923 g/mol. The molecule has 7 heterocycles. The van der Waals surface area contributed by atoms with Crippen LogP contribution in [0.15, 0.2) is 241 Å². The molecule has 0 saturated heterocycles. The fourth-order valence-electron chi connectivity index (χ4n) is 12.4. The highest BCUT2D eigenvalue weighted by Gasteiger charge is 2.52. The number of rotatable bonds is 4. The van der Waals surface area contributed by atoms with Crippen LogP contribution in [0.25, 0.3) is 105 Å². The van der Waals surface area contributed by atoms with Crippen LogP contribution in [0.1, 0.15) is 22.3 Å². The van der Waals surface area contributed by atoms with Crippen LogP contribution in [0.3, 0.4) is 0 Å². The van der Waals surface area contributed by atoms with Gasteiger partial charge in [-0.3, -0.25) is 15.0 Å². The third-order valence-corrected chi connectivity index (χ3v) is 16.5. The number of fused-ring (bicyclic) bond motifs is 18. The van der Waals surface area contributed by atoms with Crippen molar-refractivity contribution in [3.05, 3.63) is 253 Å². The molecule has 16 rings (SSSR count). The SMILES string of the molecule is c1cnc2c(c1)C1(c3cc(-c4ccc5c(c4)c4ccccc4n5-c4ccncc4-n4c5ccccc5c5ccccc54)ccc3Sc3ccc(-n4c5ccccc5c5ccccc54)cc31)c1cccnc1-2. The van der Waals surface area contributed by atoms with Gasteiger partial charge >= 0.3 is 0 Å². The molecule has 0 bridgehead atoms. The second-order valence-electron chi connectivity index (χ2n) is 18.7. The Kier molecular flexibility index (Phi) is 7.94. The molecule has 0 atom stereocenters. The Balaban J connectivity index is 0.913. The van der Waals surface area contributed by atoms with Crippen molar-refractivity contribution in [2.45, 2.75) is 15.2 Å². The minimum atomic E-state index is -0.682. The lowest BCUT2D eigenvalue weighted by Gasteiger charge is -2.39. The maximum absolute atomic E-state index is 5.09. The fourth-order valence-corrected chi connectivity index (χ4v) is 13.6. The van der Waals surface area contributed by atoms with Crippen molar-refractivity contribution in [2.75, 3.05) is 0 Å². The Morgan fingerprint density at radius 2 is 0.803 bits per heavy atom. The molecule has 71 heavy (non-hydrogen) atoms. The summed E-state index contributed by atoms with van der Waals surface area (Å²) in [6.07, 6.45) is 7.74. The minimum absolute atomic E-state index is 0.682. The van der Waals surface area contributed by atoms with Crippen LogP contribution in [0.5, 0.6) is 0 Å². The number of benzene rings is 8. The van der Waals surface area contributed by atoms with Crippen molar-refractivity contribution in [2.24, 2.45) is 0 Å². The molecular weight excluding hydrogens is 885 g/mol. The second kappa shape index (κ2) is 14.5. The molecule has 2 aliphatic rings. The first-order chi connectivity index (χ1) is 35.2. The first kappa shape index (κ1) is 38.9. The Bertz CT molecular complexity index is 4440. The Labute approximate surface area is 411 Å². The fraction of sp³-hybridized carbons (Fsp3) is 0.0156.